The molecule has 0 radical (unpaired) electrons. The molecule has 0 spiro atoms. The van der Waals surface area contributed by atoms with Crippen molar-refractivity contribution in [1.82, 2.24) is 4.90 Å². The SMILES string of the molecule is C1=C2OCOC2=CC2C3=Cc4ccccc4CN3CCC12.I. The number of allylic oxidation sites excluding steroid dienone is 2. The number of hydrogen-bond donors (Lipinski definition) is 0. The monoisotopic (exact) mass is 407 g/mol. The Hall–Kier alpha value is -1.43. The van der Waals surface area contributed by atoms with E-state index in [-0.39, 0.29) is 24.0 Å². The molecular formula is C18H18INO2. The molecule has 3 nitrogen and oxygen atoms in total. The number of hydrogen-bond acceptors (Lipinski definition) is 3. The third kappa shape index (κ3) is 2.07. The van der Waals surface area contributed by atoms with Gasteiger partial charge in [-0.1, -0.05) is 24.3 Å². The number of halogens is 1. The third-order valence-corrected chi connectivity index (χ3v) is 4.99. The molecule has 22 heavy (non-hydrogen) atoms. The van der Waals surface area contributed by atoms with Gasteiger partial charge in [-0.3, -0.25) is 0 Å². The van der Waals surface area contributed by atoms with Crippen molar-refractivity contribution in [3.63, 3.8) is 0 Å². The summed E-state index contributed by atoms with van der Waals surface area (Å²) < 4.78 is 11.1. The molecule has 4 aliphatic rings. The smallest absolute Gasteiger partial charge is 0.231 e. The second kappa shape index (κ2) is 5.33. The predicted molar refractivity (Wildman–Crippen MR) is 95.0 cm³/mol. The molecule has 3 aliphatic heterocycles. The minimum absolute atomic E-state index is 0. The first-order valence-corrected chi connectivity index (χ1v) is 7.62. The second-order valence-corrected chi connectivity index (χ2v) is 6.14. The molecule has 1 aromatic rings. The van der Waals surface area contributed by atoms with Gasteiger partial charge >= 0.3 is 0 Å². The molecule has 114 valence electrons. The zero-order valence-electron chi connectivity index (χ0n) is 12.2. The Kier molecular flexibility index (Phi) is 3.44. The number of ether oxygens (including phenoxy) is 2. The Morgan fingerprint density at radius 2 is 1.86 bits per heavy atom. The highest BCUT2D eigenvalue weighted by molar-refractivity contribution is 14.0. The molecular weight excluding hydrogens is 389 g/mol. The van der Waals surface area contributed by atoms with Gasteiger partial charge in [0.2, 0.25) is 6.79 Å². The molecule has 5 rings (SSSR count). The van der Waals surface area contributed by atoms with Crippen LogP contribution in [0.15, 0.2) is 53.6 Å². The van der Waals surface area contributed by atoms with Gasteiger partial charge in [-0.2, -0.15) is 0 Å². The molecule has 0 aromatic heterocycles. The Morgan fingerprint density at radius 1 is 1.05 bits per heavy atom. The largest absolute Gasteiger partial charge is 0.454 e. The molecule has 3 heterocycles. The molecule has 2 atom stereocenters. The lowest BCUT2D eigenvalue weighted by atomic mass is 9.77. The van der Waals surface area contributed by atoms with Crippen LogP contribution in [0.2, 0.25) is 0 Å². The van der Waals surface area contributed by atoms with Gasteiger partial charge in [0.1, 0.15) is 0 Å². The van der Waals surface area contributed by atoms with Crippen molar-refractivity contribution >= 4 is 30.1 Å². The van der Waals surface area contributed by atoms with E-state index >= 15 is 0 Å². The lowest BCUT2D eigenvalue weighted by molar-refractivity contribution is 0.0976. The van der Waals surface area contributed by atoms with Crippen molar-refractivity contribution < 1.29 is 9.47 Å². The molecule has 0 saturated carbocycles. The van der Waals surface area contributed by atoms with Gasteiger partial charge in [0.05, 0.1) is 0 Å². The standard InChI is InChI=1S/C18H17NO2.HI/c1-2-4-14-10-19-6-5-13-8-17-18(21-11-20-17)9-15(13)16(19)7-12(14)3-1;/h1-4,7-9,13,15H,5-6,10-11H2;1H. The van der Waals surface area contributed by atoms with E-state index in [0.29, 0.717) is 18.6 Å². The van der Waals surface area contributed by atoms with Crippen molar-refractivity contribution in [3.05, 3.63) is 64.8 Å². The molecule has 0 N–H and O–H groups in total. The highest BCUT2D eigenvalue weighted by atomic mass is 127. The van der Waals surface area contributed by atoms with E-state index in [1.807, 2.05) is 0 Å². The van der Waals surface area contributed by atoms with E-state index in [0.717, 1.165) is 24.6 Å². The van der Waals surface area contributed by atoms with Crippen molar-refractivity contribution in [2.24, 2.45) is 11.8 Å². The third-order valence-electron chi connectivity index (χ3n) is 4.99. The number of nitrogens with zero attached hydrogens (tertiary/aromatic N) is 1. The summed E-state index contributed by atoms with van der Waals surface area (Å²) in [6.07, 6.45) is 8.08. The highest BCUT2D eigenvalue weighted by Crippen LogP contribution is 2.44. The first kappa shape index (κ1) is 14.2. The summed E-state index contributed by atoms with van der Waals surface area (Å²) >= 11 is 0. The van der Waals surface area contributed by atoms with Crippen LogP contribution in [0.25, 0.3) is 6.08 Å². The van der Waals surface area contributed by atoms with Crippen LogP contribution in [0.1, 0.15) is 17.5 Å². The molecule has 2 unspecified atom stereocenters. The topological polar surface area (TPSA) is 21.7 Å². The van der Waals surface area contributed by atoms with Crippen LogP contribution < -0.4 is 0 Å². The van der Waals surface area contributed by atoms with E-state index in [9.17, 15) is 0 Å². The lowest BCUT2D eigenvalue weighted by Crippen LogP contribution is -2.39. The molecule has 1 aliphatic carbocycles. The minimum Gasteiger partial charge on any atom is -0.454 e. The minimum atomic E-state index is 0. The van der Waals surface area contributed by atoms with Gasteiger partial charge in [-0.15, -0.1) is 24.0 Å². The van der Waals surface area contributed by atoms with Crippen molar-refractivity contribution in [2.75, 3.05) is 13.3 Å². The van der Waals surface area contributed by atoms with Gasteiger partial charge in [0.25, 0.3) is 0 Å². The van der Waals surface area contributed by atoms with Crippen molar-refractivity contribution in [1.29, 1.82) is 0 Å². The van der Waals surface area contributed by atoms with E-state index in [4.69, 9.17) is 9.47 Å². The fourth-order valence-corrected chi connectivity index (χ4v) is 3.90. The maximum absolute atomic E-state index is 5.58. The molecule has 2 fully saturated rings. The van der Waals surface area contributed by atoms with Crippen LogP contribution in [0.4, 0.5) is 0 Å². The van der Waals surface area contributed by atoms with E-state index in [1.165, 1.54) is 23.2 Å². The highest BCUT2D eigenvalue weighted by Gasteiger charge is 2.38. The fourth-order valence-electron chi connectivity index (χ4n) is 3.90. The quantitative estimate of drug-likeness (QED) is 0.610. The van der Waals surface area contributed by atoms with Gasteiger partial charge in [-0.25, -0.2) is 0 Å². The predicted octanol–water partition coefficient (Wildman–Crippen LogP) is 3.88. The number of rotatable bonds is 0. The van der Waals surface area contributed by atoms with Crippen LogP contribution in [0.3, 0.4) is 0 Å². The molecule has 0 amide bonds. The zero-order valence-corrected chi connectivity index (χ0v) is 14.5. The van der Waals surface area contributed by atoms with Gasteiger partial charge in [0, 0.05) is 24.7 Å². The summed E-state index contributed by atoms with van der Waals surface area (Å²) in [6, 6.07) is 8.71. The average molecular weight is 407 g/mol. The molecule has 0 bridgehead atoms. The second-order valence-electron chi connectivity index (χ2n) is 6.14. The fraction of sp³-hybridized carbons (Fsp3) is 0.333. The lowest BCUT2D eigenvalue weighted by Gasteiger charge is -2.43. The van der Waals surface area contributed by atoms with Crippen molar-refractivity contribution in [2.45, 2.75) is 13.0 Å². The number of benzene rings is 1. The Bertz CT molecular complexity index is 707. The average Bonchev–Trinajstić information content (AvgIpc) is 2.98. The van der Waals surface area contributed by atoms with Crippen LogP contribution in [0.5, 0.6) is 0 Å². The molecule has 2 saturated heterocycles. The summed E-state index contributed by atoms with van der Waals surface area (Å²) in [5, 5.41) is 0. The van der Waals surface area contributed by atoms with Crippen LogP contribution in [0, 0.1) is 11.8 Å². The summed E-state index contributed by atoms with van der Waals surface area (Å²) in [4.78, 5) is 2.52. The van der Waals surface area contributed by atoms with Crippen LogP contribution >= 0.6 is 24.0 Å². The first-order chi connectivity index (χ1) is 10.4. The summed E-state index contributed by atoms with van der Waals surface area (Å²) in [6.45, 7) is 2.51. The maximum atomic E-state index is 5.58. The van der Waals surface area contributed by atoms with Gasteiger partial charge in [0.15, 0.2) is 11.5 Å². The van der Waals surface area contributed by atoms with Gasteiger partial charge < -0.3 is 14.4 Å². The Labute approximate surface area is 147 Å². The normalized spacial score (nSPS) is 27.5. The van der Waals surface area contributed by atoms with E-state index in [1.54, 1.807) is 0 Å². The number of piperidine rings is 1. The first-order valence-electron chi connectivity index (χ1n) is 7.62. The molecule has 4 heteroatoms. The summed E-state index contributed by atoms with van der Waals surface area (Å²) in [5.74, 6) is 2.84. The van der Waals surface area contributed by atoms with E-state index < -0.39 is 0 Å². The summed E-state index contributed by atoms with van der Waals surface area (Å²) in [5.41, 5.74) is 4.23. The van der Waals surface area contributed by atoms with E-state index in [2.05, 4.69) is 47.4 Å². The Balaban J connectivity index is 0.00000125. The number of fused-ring (bicyclic) bond motifs is 5. The zero-order chi connectivity index (χ0) is 13.8. The maximum Gasteiger partial charge on any atom is 0.231 e. The van der Waals surface area contributed by atoms with Crippen molar-refractivity contribution in [3.8, 4) is 0 Å². The van der Waals surface area contributed by atoms with Crippen LogP contribution in [-0.4, -0.2) is 18.2 Å². The Morgan fingerprint density at radius 3 is 2.77 bits per heavy atom. The van der Waals surface area contributed by atoms with Crippen LogP contribution in [-0.2, 0) is 16.0 Å². The molecule has 1 aromatic carbocycles. The van der Waals surface area contributed by atoms with Gasteiger partial charge in [-0.05, 0) is 41.7 Å². The summed E-state index contributed by atoms with van der Waals surface area (Å²) in [7, 11) is 0.